The predicted molar refractivity (Wildman–Crippen MR) is 77.8 cm³/mol. The highest BCUT2D eigenvalue weighted by Gasteiger charge is 2.26. The summed E-state index contributed by atoms with van der Waals surface area (Å²) in [6.07, 6.45) is 1.81. The first-order valence-electron chi connectivity index (χ1n) is 7.45. The zero-order valence-electron chi connectivity index (χ0n) is 12.4. The van der Waals surface area contributed by atoms with Crippen molar-refractivity contribution in [3.05, 3.63) is 35.6 Å². The molecule has 1 atom stereocenters. The molecule has 1 aromatic carbocycles. The zero-order valence-corrected chi connectivity index (χ0v) is 12.4. The second-order valence-corrected chi connectivity index (χ2v) is 5.06. The third kappa shape index (κ3) is 4.51. The second kappa shape index (κ2) is 8.10. The molecule has 1 aliphatic heterocycles. The van der Waals surface area contributed by atoms with E-state index in [1.54, 1.807) is 17.0 Å². The van der Waals surface area contributed by atoms with Gasteiger partial charge in [0.2, 0.25) is 0 Å². The number of halogens is 1. The summed E-state index contributed by atoms with van der Waals surface area (Å²) in [5.41, 5.74) is 0.132. The Morgan fingerprint density at radius 3 is 2.95 bits per heavy atom. The van der Waals surface area contributed by atoms with Crippen molar-refractivity contribution in [3.8, 4) is 0 Å². The average Bonchev–Trinajstić information content (AvgIpc) is 2.52. The van der Waals surface area contributed by atoms with Gasteiger partial charge in [0.15, 0.2) is 0 Å². The van der Waals surface area contributed by atoms with Crippen molar-refractivity contribution in [1.29, 1.82) is 0 Å². The molecule has 5 heteroatoms. The second-order valence-electron chi connectivity index (χ2n) is 5.06. The highest BCUT2D eigenvalue weighted by Crippen LogP contribution is 2.17. The van der Waals surface area contributed by atoms with Crippen LogP contribution in [0.25, 0.3) is 0 Å². The van der Waals surface area contributed by atoms with E-state index in [1.165, 1.54) is 12.1 Å². The number of carbonyl (C=O) groups is 1. The number of carbonyl (C=O) groups excluding carboxylic acids is 1. The first kappa shape index (κ1) is 15.9. The Kier molecular flexibility index (Phi) is 6.14. The van der Waals surface area contributed by atoms with Gasteiger partial charge in [0.25, 0.3) is 5.91 Å². The average molecular weight is 295 g/mol. The van der Waals surface area contributed by atoms with Crippen LogP contribution in [-0.4, -0.2) is 49.8 Å². The molecule has 1 amide bonds. The smallest absolute Gasteiger partial charge is 0.256 e. The minimum atomic E-state index is -0.470. The number of piperidine rings is 1. The molecule has 2 rings (SSSR count). The number of rotatable bonds is 6. The Morgan fingerprint density at radius 2 is 2.19 bits per heavy atom. The van der Waals surface area contributed by atoms with E-state index in [-0.39, 0.29) is 17.6 Å². The van der Waals surface area contributed by atoms with Crippen LogP contribution in [-0.2, 0) is 9.47 Å². The molecule has 0 aromatic heterocycles. The number of hydrogen-bond acceptors (Lipinski definition) is 3. The fourth-order valence-electron chi connectivity index (χ4n) is 2.48. The Hall–Kier alpha value is -1.46. The van der Waals surface area contributed by atoms with Gasteiger partial charge in [-0.3, -0.25) is 4.79 Å². The van der Waals surface area contributed by atoms with Gasteiger partial charge in [-0.25, -0.2) is 4.39 Å². The van der Waals surface area contributed by atoms with E-state index in [1.807, 2.05) is 6.92 Å². The van der Waals surface area contributed by atoms with Crippen LogP contribution in [0.1, 0.15) is 30.1 Å². The minimum absolute atomic E-state index is 0.00919. The number of hydrogen-bond donors (Lipinski definition) is 0. The molecule has 0 aliphatic carbocycles. The summed E-state index contributed by atoms with van der Waals surface area (Å²) in [6, 6.07) is 6.10. The van der Waals surface area contributed by atoms with Crippen LogP contribution in [0.4, 0.5) is 4.39 Å². The molecule has 1 heterocycles. The van der Waals surface area contributed by atoms with Crippen molar-refractivity contribution in [2.75, 3.05) is 32.9 Å². The molecule has 0 bridgehead atoms. The third-order valence-electron chi connectivity index (χ3n) is 3.55. The van der Waals surface area contributed by atoms with Gasteiger partial charge < -0.3 is 14.4 Å². The van der Waals surface area contributed by atoms with Gasteiger partial charge in [-0.2, -0.15) is 0 Å². The van der Waals surface area contributed by atoms with E-state index in [4.69, 9.17) is 9.47 Å². The van der Waals surface area contributed by atoms with E-state index in [9.17, 15) is 9.18 Å². The standard InChI is InChI=1S/C16H22FNO3/c1-2-20-10-11-21-13-6-5-9-18(12-13)16(19)14-7-3-4-8-15(14)17/h3-4,7-8,13H,2,5-6,9-12H2,1H3. The fraction of sp³-hybridized carbons (Fsp3) is 0.562. The highest BCUT2D eigenvalue weighted by molar-refractivity contribution is 5.94. The first-order valence-corrected chi connectivity index (χ1v) is 7.45. The van der Waals surface area contributed by atoms with E-state index in [2.05, 4.69) is 0 Å². The molecule has 0 spiro atoms. The summed E-state index contributed by atoms with van der Waals surface area (Å²) in [7, 11) is 0. The van der Waals surface area contributed by atoms with Crippen molar-refractivity contribution in [1.82, 2.24) is 4.90 Å². The molecule has 0 saturated carbocycles. The summed E-state index contributed by atoms with van der Waals surface area (Å²) in [4.78, 5) is 14.0. The van der Waals surface area contributed by atoms with Gasteiger partial charge >= 0.3 is 0 Å². The van der Waals surface area contributed by atoms with Crippen LogP contribution >= 0.6 is 0 Å². The molecule has 1 saturated heterocycles. The monoisotopic (exact) mass is 295 g/mol. The Balaban J connectivity index is 1.88. The maximum atomic E-state index is 13.7. The first-order chi connectivity index (χ1) is 10.2. The molecular formula is C16H22FNO3. The number of ether oxygens (including phenoxy) is 2. The van der Waals surface area contributed by atoms with Gasteiger partial charge in [-0.05, 0) is 31.9 Å². The van der Waals surface area contributed by atoms with E-state index < -0.39 is 5.82 Å². The minimum Gasteiger partial charge on any atom is -0.379 e. The Morgan fingerprint density at radius 1 is 1.38 bits per heavy atom. The van der Waals surface area contributed by atoms with Gasteiger partial charge in [0, 0.05) is 19.7 Å². The number of benzene rings is 1. The normalized spacial score (nSPS) is 18.8. The molecule has 1 unspecified atom stereocenters. The Bertz CT molecular complexity index is 467. The Labute approximate surface area is 124 Å². The van der Waals surface area contributed by atoms with Crippen molar-refractivity contribution in [2.24, 2.45) is 0 Å². The van der Waals surface area contributed by atoms with Crippen LogP contribution < -0.4 is 0 Å². The molecule has 1 aliphatic rings. The molecule has 0 N–H and O–H groups in total. The largest absolute Gasteiger partial charge is 0.379 e. The van der Waals surface area contributed by atoms with Gasteiger partial charge in [-0.15, -0.1) is 0 Å². The van der Waals surface area contributed by atoms with Crippen molar-refractivity contribution < 1.29 is 18.7 Å². The quantitative estimate of drug-likeness (QED) is 0.757. The third-order valence-corrected chi connectivity index (χ3v) is 3.55. The number of nitrogens with zero attached hydrogens (tertiary/aromatic N) is 1. The van der Waals surface area contributed by atoms with E-state index in [0.717, 1.165) is 12.8 Å². The van der Waals surface area contributed by atoms with Gasteiger partial charge in [0.1, 0.15) is 5.82 Å². The summed E-state index contributed by atoms with van der Waals surface area (Å²) in [6.45, 7) is 4.87. The number of amides is 1. The van der Waals surface area contributed by atoms with Crippen LogP contribution in [0.15, 0.2) is 24.3 Å². The lowest BCUT2D eigenvalue weighted by molar-refractivity contribution is -0.0226. The zero-order chi connectivity index (χ0) is 15.1. The summed E-state index contributed by atoms with van der Waals surface area (Å²) in [5, 5.41) is 0. The maximum Gasteiger partial charge on any atom is 0.256 e. The lowest BCUT2D eigenvalue weighted by Crippen LogP contribution is -2.43. The summed E-state index contributed by atoms with van der Waals surface area (Å²) < 4.78 is 24.6. The number of likely N-dealkylation sites (tertiary alicyclic amines) is 1. The van der Waals surface area contributed by atoms with Crippen LogP contribution in [0.2, 0.25) is 0 Å². The lowest BCUT2D eigenvalue weighted by atomic mass is 10.1. The van der Waals surface area contributed by atoms with Crippen LogP contribution in [0.5, 0.6) is 0 Å². The molecule has 1 aromatic rings. The molecule has 0 radical (unpaired) electrons. The highest BCUT2D eigenvalue weighted by atomic mass is 19.1. The van der Waals surface area contributed by atoms with Crippen molar-refractivity contribution in [3.63, 3.8) is 0 Å². The topological polar surface area (TPSA) is 38.8 Å². The lowest BCUT2D eigenvalue weighted by Gasteiger charge is -2.32. The predicted octanol–water partition coefficient (Wildman–Crippen LogP) is 2.48. The SMILES string of the molecule is CCOCCOC1CCCN(C(=O)c2ccccc2F)C1. The molecule has 4 nitrogen and oxygen atoms in total. The van der Waals surface area contributed by atoms with Crippen LogP contribution in [0.3, 0.4) is 0 Å². The van der Waals surface area contributed by atoms with Gasteiger partial charge in [0.05, 0.1) is 24.9 Å². The summed E-state index contributed by atoms with van der Waals surface area (Å²) in [5.74, 6) is -0.729. The van der Waals surface area contributed by atoms with Crippen molar-refractivity contribution in [2.45, 2.75) is 25.9 Å². The maximum absolute atomic E-state index is 13.7. The molecule has 21 heavy (non-hydrogen) atoms. The molecule has 116 valence electrons. The molecule has 1 fully saturated rings. The van der Waals surface area contributed by atoms with Crippen molar-refractivity contribution >= 4 is 5.91 Å². The summed E-state index contributed by atoms with van der Waals surface area (Å²) >= 11 is 0. The fourth-order valence-corrected chi connectivity index (χ4v) is 2.48. The van der Waals surface area contributed by atoms with E-state index in [0.29, 0.717) is 32.9 Å². The van der Waals surface area contributed by atoms with Gasteiger partial charge in [-0.1, -0.05) is 12.1 Å². The van der Waals surface area contributed by atoms with E-state index >= 15 is 0 Å². The van der Waals surface area contributed by atoms with Crippen LogP contribution in [0, 0.1) is 5.82 Å². The molecular weight excluding hydrogens is 273 g/mol.